The van der Waals surface area contributed by atoms with Gasteiger partial charge in [0.05, 0.1) is 25.4 Å². The molecule has 266 valence electrons. The molecule has 0 bridgehead atoms. The van der Waals surface area contributed by atoms with Gasteiger partial charge in [-0.1, -0.05) is 122 Å². The zero-order valence-corrected chi connectivity index (χ0v) is 28.6. The van der Waals surface area contributed by atoms with Crippen LogP contribution in [0.15, 0.2) is 12.2 Å². The summed E-state index contributed by atoms with van der Waals surface area (Å²) in [7, 11) is 0. The van der Waals surface area contributed by atoms with Crippen LogP contribution >= 0.6 is 0 Å². The number of nitrogens with one attached hydrogen (secondary N) is 1. The molecule has 7 unspecified atom stereocenters. The van der Waals surface area contributed by atoms with Crippen molar-refractivity contribution in [1.29, 1.82) is 0 Å². The summed E-state index contributed by atoms with van der Waals surface area (Å²) in [6.45, 7) is 3.76. The van der Waals surface area contributed by atoms with E-state index in [4.69, 9.17) is 9.47 Å². The molecule has 0 saturated carbocycles. The lowest BCUT2D eigenvalue weighted by atomic mass is 9.99. The molecule has 1 aliphatic rings. The van der Waals surface area contributed by atoms with Crippen LogP contribution in [0.1, 0.15) is 155 Å². The van der Waals surface area contributed by atoms with Crippen LogP contribution in [0, 0.1) is 0 Å². The third kappa shape index (κ3) is 20.0. The summed E-state index contributed by atoms with van der Waals surface area (Å²) >= 11 is 0. The number of hydrogen-bond donors (Lipinski definition) is 6. The van der Waals surface area contributed by atoms with Crippen LogP contribution < -0.4 is 5.32 Å². The van der Waals surface area contributed by atoms with E-state index in [0.717, 1.165) is 51.4 Å². The van der Waals surface area contributed by atoms with E-state index >= 15 is 0 Å². The lowest BCUT2D eigenvalue weighted by Gasteiger charge is -2.40. The van der Waals surface area contributed by atoms with E-state index in [2.05, 4.69) is 31.3 Å². The summed E-state index contributed by atoms with van der Waals surface area (Å²) in [4.78, 5) is 12.8. The maximum Gasteiger partial charge on any atom is 0.220 e. The Hall–Kier alpha value is -1.07. The first-order valence-corrected chi connectivity index (χ1v) is 18.4. The van der Waals surface area contributed by atoms with Gasteiger partial charge in [0.1, 0.15) is 24.4 Å². The predicted octanol–water partition coefficient (Wildman–Crippen LogP) is 5.83. The Labute approximate surface area is 274 Å². The number of ether oxygens (including phenoxy) is 2. The second-order valence-electron chi connectivity index (χ2n) is 13.0. The molecular weight excluding hydrogens is 574 g/mol. The van der Waals surface area contributed by atoms with Crippen molar-refractivity contribution >= 4 is 5.91 Å². The van der Waals surface area contributed by atoms with Gasteiger partial charge in [0.15, 0.2) is 6.29 Å². The van der Waals surface area contributed by atoms with Crippen LogP contribution in [0.2, 0.25) is 0 Å². The molecule has 1 fully saturated rings. The quantitative estimate of drug-likeness (QED) is 0.0441. The molecule has 1 saturated heterocycles. The van der Waals surface area contributed by atoms with Crippen LogP contribution in [0.4, 0.5) is 0 Å². The molecule has 7 atom stereocenters. The van der Waals surface area contributed by atoms with E-state index in [1.807, 2.05) is 0 Å². The number of aliphatic hydroxyl groups is 5. The van der Waals surface area contributed by atoms with E-state index in [1.54, 1.807) is 0 Å². The summed E-state index contributed by atoms with van der Waals surface area (Å²) < 4.78 is 11.2. The number of unbranched alkanes of at least 4 members (excludes halogenated alkanes) is 17. The van der Waals surface area contributed by atoms with Crippen molar-refractivity contribution in [2.75, 3.05) is 13.2 Å². The van der Waals surface area contributed by atoms with E-state index in [0.29, 0.717) is 12.8 Å². The Kier molecular flexibility index (Phi) is 26.1. The van der Waals surface area contributed by atoms with Crippen LogP contribution in [0.25, 0.3) is 0 Å². The molecule has 1 rings (SSSR count). The summed E-state index contributed by atoms with van der Waals surface area (Å²) in [5.41, 5.74) is 0. The average molecular weight is 644 g/mol. The predicted molar refractivity (Wildman–Crippen MR) is 180 cm³/mol. The lowest BCUT2D eigenvalue weighted by Crippen LogP contribution is -2.60. The van der Waals surface area contributed by atoms with Crippen molar-refractivity contribution in [3.63, 3.8) is 0 Å². The van der Waals surface area contributed by atoms with Gasteiger partial charge in [0.25, 0.3) is 0 Å². The zero-order valence-electron chi connectivity index (χ0n) is 28.6. The second kappa shape index (κ2) is 28.0. The Bertz CT molecular complexity index is 721. The van der Waals surface area contributed by atoms with Gasteiger partial charge in [0, 0.05) is 6.42 Å². The summed E-state index contributed by atoms with van der Waals surface area (Å²) in [6, 6.07) is -0.719. The van der Waals surface area contributed by atoms with Crippen LogP contribution in [-0.2, 0) is 14.3 Å². The van der Waals surface area contributed by atoms with Gasteiger partial charge in [-0.05, 0) is 38.5 Å². The number of allylic oxidation sites excluding steroid dienone is 2. The van der Waals surface area contributed by atoms with Crippen molar-refractivity contribution in [3.8, 4) is 0 Å². The molecule has 9 heteroatoms. The topological polar surface area (TPSA) is 149 Å². The number of rotatable bonds is 29. The average Bonchev–Trinajstić information content (AvgIpc) is 3.04. The molecule has 6 N–H and O–H groups in total. The van der Waals surface area contributed by atoms with Gasteiger partial charge in [-0.2, -0.15) is 0 Å². The fourth-order valence-electron chi connectivity index (χ4n) is 5.80. The highest BCUT2D eigenvalue weighted by atomic mass is 16.7. The standard InChI is InChI=1S/C36H69NO8/c1-3-5-7-9-11-13-14-15-16-18-20-22-24-26-32(40)37-29(30(39)25-23-21-19-17-12-10-8-6-4-2)28-44-36-35(43)34(42)33(41)31(27-38)45-36/h15-16,29-31,33-36,38-39,41-43H,3-14,17-28H2,1-2H3,(H,37,40)/b16-15-. The normalized spacial score (nSPS) is 23.4. The Morgan fingerprint density at radius 2 is 1.24 bits per heavy atom. The monoisotopic (exact) mass is 644 g/mol. The molecule has 0 spiro atoms. The maximum absolute atomic E-state index is 12.8. The van der Waals surface area contributed by atoms with Crippen molar-refractivity contribution in [2.24, 2.45) is 0 Å². The smallest absolute Gasteiger partial charge is 0.220 e. The Morgan fingerprint density at radius 3 is 1.80 bits per heavy atom. The van der Waals surface area contributed by atoms with Gasteiger partial charge >= 0.3 is 0 Å². The molecule has 0 aliphatic carbocycles. The highest BCUT2D eigenvalue weighted by Crippen LogP contribution is 2.23. The first-order chi connectivity index (χ1) is 21.8. The van der Waals surface area contributed by atoms with Crippen molar-refractivity contribution in [2.45, 2.75) is 198 Å². The largest absolute Gasteiger partial charge is 0.394 e. The molecule has 0 aromatic heterocycles. The molecule has 45 heavy (non-hydrogen) atoms. The van der Waals surface area contributed by atoms with Crippen LogP contribution in [0.5, 0.6) is 0 Å². The summed E-state index contributed by atoms with van der Waals surface area (Å²) in [5.74, 6) is -0.165. The second-order valence-corrected chi connectivity index (χ2v) is 13.0. The fourth-order valence-corrected chi connectivity index (χ4v) is 5.80. The third-order valence-electron chi connectivity index (χ3n) is 8.87. The highest BCUT2D eigenvalue weighted by Gasteiger charge is 2.44. The van der Waals surface area contributed by atoms with Crippen molar-refractivity contribution in [3.05, 3.63) is 12.2 Å². The minimum atomic E-state index is -1.55. The minimum Gasteiger partial charge on any atom is -0.394 e. The lowest BCUT2D eigenvalue weighted by molar-refractivity contribution is -0.302. The van der Waals surface area contributed by atoms with Crippen molar-refractivity contribution in [1.82, 2.24) is 5.32 Å². The zero-order chi connectivity index (χ0) is 33.1. The van der Waals surface area contributed by atoms with Gasteiger partial charge < -0.3 is 40.3 Å². The number of carbonyl (C=O) groups is 1. The molecule has 1 amide bonds. The van der Waals surface area contributed by atoms with Gasteiger partial charge in [-0.25, -0.2) is 0 Å². The van der Waals surface area contributed by atoms with Crippen LogP contribution in [-0.4, -0.2) is 87.5 Å². The SMILES string of the molecule is CCCCCCCC/C=C\CCCCCC(=O)NC(COC1OC(CO)C(O)C(O)C1O)C(O)CCCCCCCCCCC. The van der Waals surface area contributed by atoms with E-state index in [-0.39, 0.29) is 12.5 Å². The Balaban J connectivity index is 2.45. The minimum absolute atomic E-state index is 0.142. The first kappa shape index (κ1) is 42.0. The number of amides is 1. The number of carbonyl (C=O) groups excluding carboxylic acids is 1. The van der Waals surface area contributed by atoms with Crippen molar-refractivity contribution < 1.29 is 39.8 Å². The van der Waals surface area contributed by atoms with Crippen LogP contribution in [0.3, 0.4) is 0 Å². The van der Waals surface area contributed by atoms with E-state index in [1.165, 1.54) is 77.0 Å². The first-order valence-electron chi connectivity index (χ1n) is 18.4. The highest BCUT2D eigenvalue weighted by molar-refractivity contribution is 5.76. The summed E-state index contributed by atoms with van der Waals surface area (Å²) in [6.07, 6.45) is 20.8. The van der Waals surface area contributed by atoms with Gasteiger partial charge in [-0.15, -0.1) is 0 Å². The number of aliphatic hydroxyl groups excluding tert-OH is 5. The molecule has 0 aromatic carbocycles. The molecule has 0 aromatic rings. The molecule has 1 heterocycles. The molecule has 0 radical (unpaired) electrons. The maximum atomic E-state index is 12.8. The van der Waals surface area contributed by atoms with Gasteiger partial charge in [-0.3, -0.25) is 4.79 Å². The molecule has 1 aliphatic heterocycles. The Morgan fingerprint density at radius 1 is 0.733 bits per heavy atom. The number of hydrogen-bond acceptors (Lipinski definition) is 8. The molecular formula is C36H69NO8. The molecule has 9 nitrogen and oxygen atoms in total. The van der Waals surface area contributed by atoms with E-state index < -0.39 is 49.5 Å². The van der Waals surface area contributed by atoms with Gasteiger partial charge in [0.2, 0.25) is 5.91 Å². The van der Waals surface area contributed by atoms with E-state index in [9.17, 15) is 30.3 Å². The third-order valence-corrected chi connectivity index (χ3v) is 8.87. The summed E-state index contributed by atoms with van der Waals surface area (Å²) in [5, 5.41) is 53.8. The fraction of sp³-hybridized carbons (Fsp3) is 0.917.